The predicted octanol–water partition coefficient (Wildman–Crippen LogP) is 2.84. The van der Waals surface area contributed by atoms with Crippen molar-refractivity contribution in [3.8, 4) is 0 Å². The fourth-order valence-corrected chi connectivity index (χ4v) is 2.48. The maximum Gasteiger partial charge on any atom is 0.0600 e. The van der Waals surface area contributed by atoms with Gasteiger partial charge in [0.25, 0.3) is 0 Å². The first-order chi connectivity index (χ1) is 8.47. The lowest BCUT2D eigenvalue weighted by atomic mass is 9.87. The molecule has 0 saturated carbocycles. The summed E-state index contributed by atoms with van der Waals surface area (Å²) in [6, 6.07) is 8.70. The monoisotopic (exact) mass is 247 g/mol. The summed E-state index contributed by atoms with van der Waals surface area (Å²) in [5.74, 6) is 0. The van der Waals surface area contributed by atoms with E-state index in [1.165, 1.54) is 11.1 Å². The van der Waals surface area contributed by atoms with Crippen LogP contribution in [-0.2, 0) is 13.0 Å². The number of hydrogen-bond acceptors (Lipinski definition) is 2. The summed E-state index contributed by atoms with van der Waals surface area (Å²) in [7, 11) is 0. The van der Waals surface area contributed by atoms with Crippen LogP contribution in [0.2, 0.25) is 0 Å². The van der Waals surface area contributed by atoms with Crippen molar-refractivity contribution in [2.24, 2.45) is 5.41 Å². The van der Waals surface area contributed by atoms with E-state index in [9.17, 15) is 5.11 Å². The normalized spacial score (nSPS) is 18.4. The second-order valence-corrected chi connectivity index (χ2v) is 6.47. The van der Waals surface area contributed by atoms with Crippen LogP contribution in [0.3, 0.4) is 0 Å². The second-order valence-electron chi connectivity index (χ2n) is 6.47. The molecule has 1 aliphatic rings. The average Bonchev–Trinajstić information content (AvgIpc) is 2.34. The second kappa shape index (κ2) is 5.41. The Balaban J connectivity index is 1.87. The quantitative estimate of drug-likeness (QED) is 0.888. The van der Waals surface area contributed by atoms with Gasteiger partial charge in [-0.1, -0.05) is 45.0 Å². The zero-order valence-electron chi connectivity index (χ0n) is 11.8. The van der Waals surface area contributed by atoms with Crippen LogP contribution >= 0.6 is 0 Å². The molecule has 2 nitrogen and oxygen atoms in total. The Kier molecular flexibility index (Phi) is 4.08. The number of aliphatic hydroxyl groups excluding tert-OH is 1. The Labute approximate surface area is 111 Å². The van der Waals surface area contributed by atoms with Crippen LogP contribution in [0.5, 0.6) is 0 Å². The van der Waals surface area contributed by atoms with E-state index in [0.29, 0.717) is 0 Å². The maximum absolute atomic E-state index is 10.1. The minimum Gasteiger partial charge on any atom is -0.393 e. The molecule has 0 radical (unpaired) electrons. The van der Waals surface area contributed by atoms with Crippen molar-refractivity contribution in [3.05, 3.63) is 35.4 Å². The third-order valence-electron chi connectivity index (χ3n) is 3.93. The van der Waals surface area contributed by atoms with Gasteiger partial charge in [0.15, 0.2) is 0 Å². The summed E-state index contributed by atoms with van der Waals surface area (Å²) in [6.45, 7) is 9.45. The van der Waals surface area contributed by atoms with Gasteiger partial charge in [0.2, 0.25) is 0 Å². The Morgan fingerprint density at radius 2 is 1.89 bits per heavy atom. The average molecular weight is 247 g/mol. The van der Waals surface area contributed by atoms with Gasteiger partial charge in [-0.05, 0) is 29.4 Å². The van der Waals surface area contributed by atoms with Crippen LogP contribution in [0.15, 0.2) is 24.3 Å². The zero-order valence-corrected chi connectivity index (χ0v) is 11.8. The highest BCUT2D eigenvalue weighted by molar-refractivity contribution is 5.28. The third-order valence-corrected chi connectivity index (χ3v) is 3.93. The molecular weight excluding hydrogens is 222 g/mol. The summed E-state index contributed by atoms with van der Waals surface area (Å²) < 4.78 is 0. The Morgan fingerprint density at radius 1 is 1.22 bits per heavy atom. The van der Waals surface area contributed by atoms with Gasteiger partial charge in [0.1, 0.15) is 0 Å². The van der Waals surface area contributed by atoms with Crippen LogP contribution in [0, 0.1) is 5.41 Å². The molecule has 1 aromatic rings. The number of fused-ring (bicyclic) bond motifs is 1. The van der Waals surface area contributed by atoms with Gasteiger partial charge in [0.05, 0.1) is 6.10 Å². The molecule has 0 aliphatic carbocycles. The third kappa shape index (κ3) is 3.33. The fraction of sp³-hybridized carbons (Fsp3) is 0.625. The van der Waals surface area contributed by atoms with Crippen molar-refractivity contribution in [3.63, 3.8) is 0 Å². The summed E-state index contributed by atoms with van der Waals surface area (Å²) in [4.78, 5) is 2.46. The van der Waals surface area contributed by atoms with Crippen LogP contribution in [0.25, 0.3) is 0 Å². The van der Waals surface area contributed by atoms with E-state index < -0.39 is 0 Å². The van der Waals surface area contributed by atoms with E-state index >= 15 is 0 Å². The summed E-state index contributed by atoms with van der Waals surface area (Å²) in [5, 5.41) is 10.1. The first-order valence-corrected chi connectivity index (χ1v) is 6.94. The summed E-state index contributed by atoms with van der Waals surface area (Å²) in [6.07, 6.45) is 1.79. The molecular formula is C16H25NO. The summed E-state index contributed by atoms with van der Waals surface area (Å²) >= 11 is 0. The van der Waals surface area contributed by atoms with E-state index in [0.717, 1.165) is 32.5 Å². The van der Waals surface area contributed by atoms with Crippen molar-refractivity contribution in [2.45, 2.75) is 46.3 Å². The van der Waals surface area contributed by atoms with Gasteiger partial charge < -0.3 is 5.11 Å². The van der Waals surface area contributed by atoms with E-state index in [4.69, 9.17) is 0 Å². The molecule has 2 rings (SSSR count). The van der Waals surface area contributed by atoms with Gasteiger partial charge in [0, 0.05) is 19.6 Å². The molecule has 100 valence electrons. The Bertz CT molecular complexity index is 394. The first kappa shape index (κ1) is 13.6. The number of nitrogens with zero attached hydrogens (tertiary/aromatic N) is 1. The SMILES string of the molecule is CC(C)(C)C(O)CCN1CCc2ccccc2C1. The molecule has 0 aromatic heterocycles. The summed E-state index contributed by atoms with van der Waals surface area (Å²) in [5.41, 5.74) is 2.94. The van der Waals surface area contributed by atoms with Gasteiger partial charge in [-0.15, -0.1) is 0 Å². The lowest BCUT2D eigenvalue weighted by molar-refractivity contribution is 0.0442. The van der Waals surface area contributed by atoms with E-state index in [1.54, 1.807) is 0 Å². The van der Waals surface area contributed by atoms with Crippen molar-refractivity contribution in [1.29, 1.82) is 0 Å². The van der Waals surface area contributed by atoms with Crippen molar-refractivity contribution in [1.82, 2.24) is 4.90 Å². The van der Waals surface area contributed by atoms with Crippen molar-refractivity contribution in [2.75, 3.05) is 13.1 Å². The maximum atomic E-state index is 10.1. The highest BCUT2D eigenvalue weighted by atomic mass is 16.3. The van der Waals surface area contributed by atoms with Crippen LogP contribution in [-0.4, -0.2) is 29.2 Å². The van der Waals surface area contributed by atoms with E-state index in [1.807, 2.05) is 0 Å². The van der Waals surface area contributed by atoms with Crippen molar-refractivity contribution < 1.29 is 5.11 Å². The number of benzene rings is 1. The minimum absolute atomic E-state index is 0.00626. The predicted molar refractivity (Wildman–Crippen MR) is 75.5 cm³/mol. The molecule has 0 saturated heterocycles. The van der Waals surface area contributed by atoms with Crippen LogP contribution in [0.1, 0.15) is 38.3 Å². The zero-order chi connectivity index (χ0) is 13.2. The van der Waals surface area contributed by atoms with Gasteiger partial charge in [-0.3, -0.25) is 4.90 Å². The van der Waals surface area contributed by atoms with Crippen molar-refractivity contribution >= 4 is 0 Å². The van der Waals surface area contributed by atoms with E-state index in [2.05, 4.69) is 49.9 Å². The lowest BCUT2D eigenvalue weighted by Crippen LogP contribution is -2.35. The number of rotatable bonds is 3. The standard InChI is InChI=1S/C16H25NO/c1-16(2,3)15(18)9-11-17-10-8-13-6-4-5-7-14(13)12-17/h4-7,15,18H,8-12H2,1-3H3. The molecule has 0 amide bonds. The molecule has 1 aliphatic heterocycles. The van der Waals surface area contributed by atoms with Gasteiger partial charge in [-0.25, -0.2) is 0 Å². The molecule has 0 fully saturated rings. The molecule has 0 spiro atoms. The minimum atomic E-state index is -0.213. The number of aliphatic hydroxyl groups is 1. The highest BCUT2D eigenvalue weighted by Gasteiger charge is 2.23. The van der Waals surface area contributed by atoms with Gasteiger partial charge in [-0.2, -0.15) is 0 Å². The van der Waals surface area contributed by atoms with E-state index in [-0.39, 0.29) is 11.5 Å². The molecule has 18 heavy (non-hydrogen) atoms. The lowest BCUT2D eigenvalue weighted by Gasteiger charge is -2.32. The molecule has 0 bridgehead atoms. The fourth-order valence-electron chi connectivity index (χ4n) is 2.48. The Morgan fingerprint density at radius 3 is 2.56 bits per heavy atom. The van der Waals surface area contributed by atoms with Gasteiger partial charge >= 0.3 is 0 Å². The van der Waals surface area contributed by atoms with Crippen LogP contribution in [0.4, 0.5) is 0 Å². The first-order valence-electron chi connectivity index (χ1n) is 6.94. The molecule has 1 aromatic carbocycles. The molecule has 1 heterocycles. The largest absolute Gasteiger partial charge is 0.393 e. The topological polar surface area (TPSA) is 23.5 Å². The van der Waals surface area contributed by atoms with Crippen LogP contribution < -0.4 is 0 Å². The molecule has 1 atom stereocenters. The number of hydrogen-bond donors (Lipinski definition) is 1. The smallest absolute Gasteiger partial charge is 0.0600 e. The molecule has 1 unspecified atom stereocenters. The molecule has 2 heteroatoms. The molecule has 1 N–H and O–H groups in total. The Hall–Kier alpha value is -0.860. The highest BCUT2D eigenvalue weighted by Crippen LogP contribution is 2.23.